The summed E-state index contributed by atoms with van der Waals surface area (Å²) < 4.78 is 104. The highest BCUT2D eigenvalue weighted by Crippen LogP contribution is 2.41. The van der Waals surface area contributed by atoms with Crippen LogP contribution in [0.4, 0.5) is 47.6 Å². The molecule has 2 aromatic heterocycles. The molecule has 3 aromatic carbocycles. The second-order valence-corrected chi connectivity index (χ2v) is 20.5. The van der Waals surface area contributed by atoms with Gasteiger partial charge < -0.3 is 28.7 Å². The Morgan fingerprint density at radius 3 is 1.45 bits per heavy atom. The standard InChI is InChI=1S/C31H34F3N3O3.C25H29BrF3N3O3/c1-4-36(27-10-12-39-13-11-27)29-25(16-24(18-35-29)22-8-6-5-7-9-22)19-37-21(3)28(40-30(37)38)23-14-20(2)15-26(17-23)31(32,33)34;1-4-31(21-5-7-34-8-6-21)23-18(12-20(26)13-30-23)14-32-16(3)22(35-24(32)33)17-9-15(2)10-19(11-17)25(27,28)29/h5-9,14-18,21,27-28H,4,10-13,19H2,1-3H3;9-13,16,21-22H,4-8,14H2,1-3H3/t21-,28-;16-,22-/m00/s1. The zero-order valence-corrected chi connectivity index (χ0v) is 44.5. The van der Waals surface area contributed by atoms with Crippen LogP contribution in [-0.4, -0.2) is 95.6 Å². The van der Waals surface area contributed by atoms with Crippen LogP contribution in [0.5, 0.6) is 0 Å². The van der Waals surface area contributed by atoms with Gasteiger partial charge in [-0.05, 0) is 136 Å². The zero-order valence-electron chi connectivity index (χ0n) is 42.9. The van der Waals surface area contributed by atoms with Crippen molar-refractivity contribution in [2.45, 2.75) is 129 Å². The summed E-state index contributed by atoms with van der Waals surface area (Å²) in [6.45, 7) is 15.7. The van der Waals surface area contributed by atoms with Gasteiger partial charge in [0.25, 0.3) is 0 Å². The normalized spacial score (nSPS) is 20.7. The van der Waals surface area contributed by atoms with E-state index >= 15 is 0 Å². The van der Waals surface area contributed by atoms with Crippen molar-refractivity contribution in [1.82, 2.24) is 19.8 Å². The largest absolute Gasteiger partial charge is 0.439 e. The summed E-state index contributed by atoms with van der Waals surface area (Å²) in [5.74, 6) is 1.59. The summed E-state index contributed by atoms with van der Waals surface area (Å²) in [6.07, 6.45) is -4.55. The number of benzene rings is 3. The number of amides is 2. The van der Waals surface area contributed by atoms with Crippen molar-refractivity contribution >= 4 is 39.8 Å². The van der Waals surface area contributed by atoms with Gasteiger partial charge in [0.1, 0.15) is 23.8 Å². The molecule has 4 aliphatic rings. The molecule has 0 N–H and O–H groups in total. The molecule has 4 saturated heterocycles. The van der Waals surface area contributed by atoms with Crippen LogP contribution in [0, 0.1) is 13.8 Å². The number of hydrogen-bond donors (Lipinski definition) is 0. The molecular formula is C56H63BrF6N6O6. The van der Waals surface area contributed by atoms with Gasteiger partial charge in [-0.3, -0.25) is 9.80 Å². The Kier molecular flexibility index (Phi) is 17.4. The number of nitrogens with zero attached hydrogens (tertiary/aromatic N) is 6. The molecule has 0 aliphatic carbocycles. The Hall–Kier alpha value is -5.92. The third-order valence-electron chi connectivity index (χ3n) is 14.4. The van der Waals surface area contributed by atoms with Crippen LogP contribution in [-0.2, 0) is 44.4 Å². The van der Waals surface area contributed by atoms with Gasteiger partial charge in [0.2, 0.25) is 0 Å². The monoisotopic (exact) mass is 1110 g/mol. The van der Waals surface area contributed by atoms with Crippen molar-refractivity contribution < 1.29 is 54.9 Å². The number of rotatable bonds is 13. The first-order chi connectivity index (χ1) is 35.7. The van der Waals surface area contributed by atoms with Crippen molar-refractivity contribution in [2.75, 3.05) is 49.3 Å². The highest BCUT2D eigenvalue weighted by Gasteiger charge is 2.44. The van der Waals surface area contributed by atoms with Crippen LogP contribution in [0.1, 0.15) is 110 Å². The molecule has 0 bridgehead atoms. The molecule has 75 heavy (non-hydrogen) atoms. The number of hydrogen-bond acceptors (Lipinski definition) is 10. The SMILES string of the molecule is CCN(c1ncc(-c2ccccc2)cc1CN1C(=O)O[C@H](c2cc(C)cc(C(F)(F)F)c2)[C@@H]1C)C1CCOCC1.CCN(c1ncc(Br)cc1CN1C(=O)O[C@H](c2cc(C)cc(C(F)(F)F)c2)[C@@H]1C)C1CCOCC1. The Labute approximate surface area is 442 Å². The maximum absolute atomic E-state index is 13.5. The van der Waals surface area contributed by atoms with Crippen molar-refractivity contribution in [3.05, 3.63) is 140 Å². The van der Waals surface area contributed by atoms with Crippen LogP contribution in [0.25, 0.3) is 11.1 Å². The molecule has 12 nitrogen and oxygen atoms in total. The summed E-state index contributed by atoms with van der Waals surface area (Å²) in [5.41, 5.74) is 3.74. The van der Waals surface area contributed by atoms with Gasteiger partial charge in [0.15, 0.2) is 0 Å². The third-order valence-corrected chi connectivity index (χ3v) is 14.9. The summed E-state index contributed by atoms with van der Waals surface area (Å²) in [6, 6.07) is 21.1. The van der Waals surface area contributed by atoms with Crippen molar-refractivity contribution in [3.8, 4) is 11.1 Å². The quantitative estimate of drug-likeness (QED) is 0.106. The molecule has 6 heterocycles. The highest BCUT2D eigenvalue weighted by molar-refractivity contribution is 9.10. The van der Waals surface area contributed by atoms with Gasteiger partial charge in [-0.1, -0.05) is 53.6 Å². The van der Waals surface area contributed by atoms with E-state index in [2.05, 4.69) is 50.6 Å². The predicted molar refractivity (Wildman–Crippen MR) is 276 cm³/mol. The topological polar surface area (TPSA) is 110 Å². The average molecular weight is 1110 g/mol. The van der Waals surface area contributed by atoms with Crippen molar-refractivity contribution in [2.24, 2.45) is 0 Å². The van der Waals surface area contributed by atoms with E-state index in [0.717, 1.165) is 101 Å². The van der Waals surface area contributed by atoms with E-state index < -0.39 is 60.0 Å². The number of pyridine rings is 2. The molecule has 9 rings (SSSR count). The predicted octanol–water partition coefficient (Wildman–Crippen LogP) is 13.4. The van der Waals surface area contributed by atoms with E-state index in [1.807, 2.05) is 49.5 Å². The molecule has 0 saturated carbocycles. The van der Waals surface area contributed by atoms with E-state index in [4.69, 9.17) is 23.9 Å². The molecule has 5 aromatic rings. The summed E-state index contributed by atoms with van der Waals surface area (Å²) in [4.78, 5) is 43.3. The fraction of sp³-hybridized carbons (Fsp3) is 0.464. The smallest absolute Gasteiger partial charge is 0.416 e. The molecule has 0 radical (unpaired) electrons. The molecule has 2 amide bonds. The van der Waals surface area contributed by atoms with E-state index in [0.29, 0.717) is 48.7 Å². The minimum atomic E-state index is -4.49. The third kappa shape index (κ3) is 12.9. The lowest BCUT2D eigenvalue weighted by atomic mass is 9.98. The van der Waals surface area contributed by atoms with Gasteiger partial charge in [-0.25, -0.2) is 19.6 Å². The lowest BCUT2D eigenvalue weighted by Crippen LogP contribution is -2.41. The summed E-state index contributed by atoms with van der Waals surface area (Å²) in [5, 5.41) is 0. The zero-order chi connectivity index (χ0) is 53.8. The number of cyclic esters (lactones) is 2. The molecule has 19 heteroatoms. The first kappa shape index (κ1) is 55.3. The number of anilines is 2. The lowest BCUT2D eigenvalue weighted by molar-refractivity contribution is -0.138. The van der Waals surface area contributed by atoms with Crippen molar-refractivity contribution in [3.63, 3.8) is 0 Å². The second kappa shape index (κ2) is 23.5. The molecule has 4 atom stereocenters. The number of aryl methyl sites for hydroxylation is 2. The highest BCUT2D eigenvalue weighted by atomic mass is 79.9. The van der Waals surface area contributed by atoms with Crippen LogP contribution < -0.4 is 9.80 Å². The first-order valence-electron chi connectivity index (χ1n) is 25.4. The van der Waals surface area contributed by atoms with Gasteiger partial charge in [-0.15, -0.1) is 0 Å². The van der Waals surface area contributed by atoms with Gasteiger partial charge >= 0.3 is 24.5 Å². The number of aromatic nitrogens is 2. The Balaban J connectivity index is 0.000000201. The number of ether oxygens (including phenoxy) is 4. The number of alkyl halides is 6. The van der Waals surface area contributed by atoms with Crippen LogP contribution in [0.3, 0.4) is 0 Å². The van der Waals surface area contributed by atoms with E-state index in [-0.39, 0.29) is 25.2 Å². The van der Waals surface area contributed by atoms with Crippen LogP contribution >= 0.6 is 15.9 Å². The maximum atomic E-state index is 13.5. The van der Waals surface area contributed by atoms with E-state index in [9.17, 15) is 35.9 Å². The summed E-state index contributed by atoms with van der Waals surface area (Å²) >= 11 is 3.48. The minimum absolute atomic E-state index is 0.219. The maximum Gasteiger partial charge on any atom is 0.416 e. The number of carbonyl (C=O) groups excluding carboxylic acids is 2. The fourth-order valence-electron chi connectivity index (χ4n) is 10.6. The molecule has 4 fully saturated rings. The number of carbonyl (C=O) groups is 2. The minimum Gasteiger partial charge on any atom is -0.439 e. The molecule has 402 valence electrons. The average Bonchev–Trinajstić information content (AvgIpc) is 3.83. The van der Waals surface area contributed by atoms with Gasteiger partial charge in [0.05, 0.1) is 36.3 Å². The fourth-order valence-corrected chi connectivity index (χ4v) is 11.0. The molecule has 0 spiro atoms. The van der Waals surface area contributed by atoms with E-state index in [1.165, 1.54) is 0 Å². The lowest BCUT2D eigenvalue weighted by Gasteiger charge is -2.36. The van der Waals surface area contributed by atoms with Gasteiger partial charge in [-0.2, -0.15) is 26.3 Å². The molecular weight excluding hydrogens is 1050 g/mol. The Bertz CT molecular complexity index is 2790. The van der Waals surface area contributed by atoms with E-state index in [1.54, 1.807) is 48.9 Å². The first-order valence-corrected chi connectivity index (χ1v) is 26.2. The molecule has 4 aliphatic heterocycles. The second-order valence-electron chi connectivity index (χ2n) is 19.6. The number of halogens is 7. The summed E-state index contributed by atoms with van der Waals surface area (Å²) in [7, 11) is 0. The van der Waals surface area contributed by atoms with Crippen LogP contribution in [0.2, 0.25) is 0 Å². The van der Waals surface area contributed by atoms with Crippen LogP contribution in [0.15, 0.2) is 95.7 Å². The molecule has 0 unspecified atom stereocenters. The Morgan fingerprint density at radius 1 is 0.600 bits per heavy atom. The van der Waals surface area contributed by atoms with Gasteiger partial charge in [0, 0.05) is 85.2 Å². The Morgan fingerprint density at radius 2 is 1.03 bits per heavy atom. The van der Waals surface area contributed by atoms with Crippen molar-refractivity contribution in [1.29, 1.82) is 0 Å².